The number of anilines is 1. The number of carbonyl (C=O) groups is 1. The number of nitrogens with zero attached hydrogens (tertiary/aromatic N) is 3. The third kappa shape index (κ3) is 2.81. The number of amides is 1. The molecule has 0 aliphatic carbocycles. The first kappa shape index (κ1) is 14.1. The number of benzene rings is 1. The minimum atomic E-state index is 0.182. The summed E-state index contributed by atoms with van der Waals surface area (Å²) in [6, 6.07) is 5.88. The zero-order valence-corrected chi connectivity index (χ0v) is 13.2. The van der Waals surface area contributed by atoms with E-state index in [2.05, 4.69) is 4.98 Å². The van der Waals surface area contributed by atoms with Gasteiger partial charge in [-0.05, 0) is 25.0 Å². The van der Waals surface area contributed by atoms with Crippen LogP contribution in [0.15, 0.2) is 18.2 Å². The molecule has 1 aromatic heterocycles. The number of likely N-dealkylation sites (tertiary alicyclic amines) is 1. The van der Waals surface area contributed by atoms with Crippen LogP contribution in [0.3, 0.4) is 0 Å². The summed E-state index contributed by atoms with van der Waals surface area (Å²) >= 11 is 1.58. The number of para-hydroxylation sites is 1. The number of thiazole rings is 1. The average Bonchev–Trinajstić information content (AvgIpc) is 3.15. The molecule has 0 saturated carbocycles. The van der Waals surface area contributed by atoms with Gasteiger partial charge in [-0.3, -0.25) is 4.79 Å². The Bertz CT molecular complexity index is 649. The highest BCUT2D eigenvalue weighted by molar-refractivity contribution is 7.22. The number of methoxy groups -OCH3 is 1. The molecule has 6 heteroatoms. The monoisotopic (exact) mass is 305 g/mol. The highest BCUT2D eigenvalue weighted by Crippen LogP contribution is 2.33. The van der Waals surface area contributed by atoms with Crippen molar-refractivity contribution >= 4 is 32.6 Å². The fourth-order valence-electron chi connectivity index (χ4n) is 2.58. The zero-order valence-electron chi connectivity index (χ0n) is 12.3. The van der Waals surface area contributed by atoms with Crippen LogP contribution in [0.25, 0.3) is 10.2 Å². The van der Waals surface area contributed by atoms with Gasteiger partial charge < -0.3 is 14.5 Å². The van der Waals surface area contributed by atoms with E-state index in [4.69, 9.17) is 4.74 Å². The van der Waals surface area contributed by atoms with E-state index in [1.54, 1.807) is 18.4 Å². The van der Waals surface area contributed by atoms with E-state index in [0.717, 1.165) is 47.0 Å². The van der Waals surface area contributed by atoms with Crippen LogP contribution in [-0.4, -0.2) is 49.6 Å². The van der Waals surface area contributed by atoms with E-state index in [9.17, 15) is 4.79 Å². The van der Waals surface area contributed by atoms with E-state index >= 15 is 0 Å². The second-order valence-electron chi connectivity index (χ2n) is 5.25. The first-order valence-corrected chi connectivity index (χ1v) is 7.93. The number of fused-ring (bicyclic) bond motifs is 1. The van der Waals surface area contributed by atoms with Crippen molar-refractivity contribution in [2.24, 2.45) is 0 Å². The lowest BCUT2D eigenvalue weighted by Crippen LogP contribution is -2.37. The van der Waals surface area contributed by atoms with Gasteiger partial charge in [0, 0.05) is 20.1 Å². The maximum absolute atomic E-state index is 12.2. The van der Waals surface area contributed by atoms with Gasteiger partial charge in [0.25, 0.3) is 0 Å². The molecule has 0 unspecified atom stereocenters. The Morgan fingerprint density at radius 2 is 2.19 bits per heavy atom. The second kappa shape index (κ2) is 5.89. The number of rotatable bonds is 4. The number of aromatic nitrogens is 1. The van der Waals surface area contributed by atoms with Crippen LogP contribution < -0.4 is 9.64 Å². The van der Waals surface area contributed by atoms with Crippen LogP contribution >= 0.6 is 11.3 Å². The molecule has 0 spiro atoms. The summed E-state index contributed by atoms with van der Waals surface area (Å²) in [6.45, 7) is 2.16. The lowest BCUT2D eigenvalue weighted by atomic mass is 10.3. The van der Waals surface area contributed by atoms with E-state index in [-0.39, 0.29) is 5.91 Å². The van der Waals surface area contributed by atoms with Crippen LogP contribution in [0, 0.1) is 0 Å². The third-order valence-corrected chi connectivity index (χ3v) is 4.88. The minimum absolute atomic E-state index is 0.182. The van der Waals surface area contributed by atoms with Crippen molar-refractivity contribution in [1.29, 1.82) is 0 Å². The summed E-state index contributed by atoms with van der Waals surface area (Å²) in [5.41, 5.74) is 0.862. The summed E-state index contributed by atoms with van der Waals surface area (Å²) in [5.74, 6) is 0.954. The fraction of sp³-hybridized carbons (Fsp3) is 0.467. The van der Waals surface area contributed by atoms with Crippen LogP contribution in [0.1, 0.15) is 12.8 Å². The molecule has 1 amide bonds. The average molecular weight is 305 g/mol. The molecule has 112 valence electrons. The molecule has 1 aliphatic heterocycles. The first-order chi connectivity index (χ1) is 10.2. The maximum Gasteiger partial charge on any atom is 0.242 e. The maximum atomic E-state index is 12.2. The van der Waals surface area contributed by atoms with Crippen molar-refractivity contribution in [2.45, 2.75) is 12.8 Å². The molecule has 1 fully saturated rings. The molecule has 1 aromatic carbocycles. The van der Waals surface area contributed by atoms with Crippen LogP contribution in [-0.2, 0) is 4.79 Å². The molecule has 1 aliphatic rings. The van der Waals surface area contributed by atoms with Gasteiger partial charge in [0.2, 0.25) is 5.91 Å². The number of hydrogen-bond donors (Lipinski definition) is 0. The molecule has 2 aromatic rings. The van der Waals surface area contributed by atoms with Crippen LogP contribution in [0.2, 0.25) is 0 Å². The fourth-order valence-corrected chi connectivity index (χ4v) is 3.52. The SMILES string of the molecule is COc1cccc2sc(N(C)CC(=O)N3CCCC3)nc12. The van der Waals surface area contributed by atoms with E-state index in [1.165, 1.54) is 0 Å². The lowest BCUT2D eigenvalue weighted by Gasteiger charge is -2.20. The van der Waals surface area contributed by atoms with Gasteiger partial charge in [-0.25, -0.2) is 4.98 Å². The standard InChI is InChI=1S/C15H19N3O2S/c1-17(10-13(19)18-8-3-4-9-18)15-16-14-11(20-2)6-5-7-12(14)21-15/h5-7H,3-4,8-10H2,1-2H3. The van der Waals surface area contributed by atoms with Crippen molar-refractivity contribution < 1.29 is 9.53 Å². The molecule has 0 N–H and O–H groups in total. The van der Waals surface area contributed by atoms with Gasteiger partial charge in [0.1, 0.15) is 11.3 Å². The van der Waals surface area contributed by atoms with Gasteiger partial charge in [-0.2, -0.15) is 0 Å². The highest BCUT2D eigenvalue weighted by atomic mass is 32.1. The molecular weight excluding hydrogens is 286 g/mol. The quantitative estimate of drug-likeness (QED) is 0.870. The summed E-state index contributed by atoms with van der Waals surface area (Å²) in [7, 11) is 3.56. The Balaban J connectivity index is 1.78. The normalized spacial score (nSPS) is 14.7. The molecule has 1 saturated heterocycles. The van der Waals surface area contributed by atoms with E-state index in [1.807, 2.05) is 35.0 Å². The van der Waals surface area contributed by atoms with Crippen LogP contribution in [0.4, 0.5) is 5.13 Å². The summed E-state index contributed by atoms with van der Waals surface area (Å²) in [4.78, 5) is 20.7. The summed E-state index contributed by atoms with van der Waals surface area (Å²) in [5, 5.41) is 0.849. The van der Waals surface area contributed by atoms with Crippen molar-refractivity contribution in [3.63, 3.8) is 0 Å². The number of hydrogen-bond acceptors (Lipinski definition) is 5. The van der Waals surface area contributed by atoms with Crippen molar-refractivity contribution in [3.05, 3.63) is 18.2 Å². The number of ether oxygens (including phenoxy) is 1. The topological polar surface area (TPSA) is 45.7 Å². The highest BCUT2D eigenvalue weighted by Gasteiger charge is 2.20. The summed E-state index contributed by atoms with van der Waals surface area (Å²) < 4.78 is 6.41. The number of carbonyl (C=O) groups excluding carboxylic acids is 1. The molecule has 2 heterocycles. The molecule has 0 atom stereocenters. The third-order valence-electron chi connectivity index (χ3n) is 3.75. The first-order valence-electron chi connectivity index (χ1n) is 7.11. The van der Waals surface area contributed by atoms with Crippen molar-refractivity contribution in [1.82, 2.24) is 9.88 Å². The van der Waals surface area contributed by atoms with E-state index < -0.39 is 0 Å². The Morgan fingerprint density at radius 3 is 2.90 bits per heavy atom. The zero-order chi connectivity index (χ0) is 14.8. The van der Waals surface area contributed by atoms with Crippen molar-refractivity contribution in [3.8, 4) is 5.75 Å². The van der Waals surface area contributed by atoms with Gasteiger partial charge in [-0.15, -0.1) is 0 Å². The van der Waals surface area contributed by atoms with Gasteiger partial charge in [-0.1, -0.05) is 17.4 Å². The van der Waals surface area contributed by atoms with Gasteiger partial charge >= 0.3 is 0 Å². The molecule has 21 heavy (non-hydrogen) atoms. The Labute approximate surface area is 128 Å². The van der Waals surface area contributed by atoms with Crippen molar-refractivity contribution in [2.75, 3.05) is 38.7 Å². The largest absolute Gasteiger partial charge is 0.494 e. The smallest absolute Gasteiger partial charge is 0.242 e. The molecule has 0 bridgehead atoms. The Kier molecular flexibility index (Phi) is 3.96. The Morgan fingerprint density at radius 1 is 1.43 bits per heavy atom. The van der Waals surface area contributed by atoms with Gasteiger partial charge in [0.05, 0.1) is 18.4 Å². The Hall–Kier alpha value is -1.82. The molecule has 0 radical (unpaired) electrons. The summed E-state index contributed by atoms with van der Waals surface area (Å²) in [6.07, 6.45) is 2.24. The molecule has 5 nitrogen and oxygen atoms in total. The minimum Gasteiger partial charge on any atom is -0.494 e. The molecule has 3 rings (SSSR count). The van der Waals surface area contributed by atoms with Crippen LogP contribution in [0.5, 0.6) is 5.75 Å². The molecular formula is C15H19N3O2S. The lowest BCUT2D eigenvalue weighted by molar-refractivity contribution is -0.128. The predicted octanol–water partition coefficient (Wildman–Crippen LogP) is 2.36. The van der Waals surface area contributed by atoms with Gasteiger partial charge in [0.15, 0.2) is 5.13 Å². The predicted molar refractivity (Wildman–Crippen MR) is 85.3 cm³/mol. The van der Waals surface area contributed by atoms with E-state index in [0.29, 0.717) is 6.54 Å². The second-order valence-corrected chi connectivity index (χ2v) is 6.26. The number of likely N-dealkylation sites (N-methyl/N-ethyl adjacent to an activating group) is 1.